The molecule has 3 nitrogen and oxygen atoms in total. The molecule has 1 unspecified atom stereocenters. The van der Waals surface area contributed by atoms with Gasteiger partial charge in [-0.05, 0) is 45.0 Å². The molecule has 2 aromatic heterocycles. The molecule has 0 spiro atoms. The van der Waals surface area contributed by atoms with Crippen molar-refractivity contribution in [1.82, 2.24) is 0 Å². The molecule has 1 atom stereocenters. The van der Waals surface area contributed by atoms with Gasteiger partial charge in [-0.25, -0.2) is 4.39 Å². The van der Waals surface area contributed by atoms with Crippen molar-refractivity contribution in [3.05, 3.63) is 58.5 Å². The SMILES string of the molecule is Cc1cc(C(N)c2oc3ccc(F)cc3c2C)c(C)o1. The standard InChI is InChI=1S/C16H16FNO2/c1-8-6-13(10(3)19-8)15(18)16-9(2)12-7-11(17)4-5-14(12)20-16/h4-7,15H,18H2,1-3H3. The maximum absolute atomic E-state index is 13.3. The number of nitrogens with two attached hydrogens (primary N) is 1. The Bertz CT molecular complexity index is 785. The van der Waals surface area contributed by atoms with Crippen molar-refractivity contribution in [2.45, 2.75) is 26.8 Å². The molecule has 0 aliphatic heterocycles. The largest absolute Gasteiger partial charge is 0.466 e. The minimum atomic E-state index is -0.414. The van der Waals surface area contributed by atoms with Gasteiger partial charge in [0.15, 0.2) is 0 Å². The Kier molecular flexibility index (Phi) is 2.91. The molecule has 4 heteroatoms. The van der Waals surface area contributed by atoms with Gasteiger partial charge in [0.25, 0.3) is 0 Å². The normalized spacial score (nSPS) is 13.1. The minimum absolute atomic E-state index is 0.281. The van der Waals surface area contributed by atoms with Crippen LogP contribution in [0.25, 0.3) is 11.0 Å². The summed E-state index contributed by atoms with van der Waals surface area (Å²) < 4.78 is 24.6. The summed E-state index contributed by atoms with van der Waals surface area (Å²) in [5, 5.41) is 0.758. The highest BCUT2D eigenvalue weighted by Crippen LogP contribution is 2.33. The van der Waals surface area contributed by atoms with Crippen molar-refractivity contribution in [3.63, 3.8) is 0 Å². The summed E-state index contributed by atoms with van der Waals surface area (Å²) in [5.41, 5.74) is 8.69. The predicted octanol–water partition coefficient (Wildman–Crippen LogP) is 4.14. The van der Waals surface area contributed by atoms with Crippen LogP contribution >= 0.6 is 0 Å². The molecule has 0 saturated heterocycles. The number of aryl methyl sites for hydroxylation is 3. The monoisotopic (exact) mass is 273 g/mol. The molecule has 0 radical (unpaired) electrons. The van der Waals surface area contributed by atoms with E-state index in [-0.39, 0.29) is 5.82 Å². The molecule has 0 bridgehead atoms. The lowest BCUT2D eigenvalue weighted by Gasteiger charge is -2.08. The molecule has 0 aliphatic carbocycles. The average Bonchev–Trinajstić information content (AvgIpc) is 2.90. The Labute approximate surface area is 116 Å². The fourth-order valence-electron chi connectivity index (χ4n) is 2.61. The van der Waals surface area contributed by atoms with Crippen LogP contribution in [-0.4, -0.2) is 0 Å². The molecule has 104 valence electrons. The van der Waals surface area contributed by atoms with Gasteiger partial charge in [-0.2, -0.15) is 0 Å². The van der Waals surface area contributed by atoms with E-state index in [0.717, 1.165) is 28.0 Å². The van der Waals surface area contributed by atoms with Crippen LogP contribution in [-0.2, 0) is 0 Å². The molecule has 3 rings (SSSR count). The number of furan rings is 2. The van der Waals surface area contributed by atoms with Crippen molar-refractivity contribution in [2.75, 3.05) is 0 Å². The second kappa shape index (κ2) is 4.49. The highest BCUT2D eigenvalue weighted by Gasteiger charge is 2.22. The maximum atomic E-state index is 13.3. The number of hydrogen-bond donors (Lipinski definition) is 1. The van der Waals surface area contributed by atoms with Gasteiger partial charge in [-0.3, -0.25) is 0 Å². The molecule has 2 N–H and O–H groups in total. The molecule has 3 aromatic rings. The van der Waals surface area contributed by atoms with Gasteiger partial charge >= 0.3 is 0 Å². The third-order valence-electron chi connectivity index (χ3n) is 3.63. The number of halogens is 1. The van der Waals surface area contributed by atoms with E-state index in [2.05, 4.69) is 0 Å². The first-order chi connectivity index (χ1) is 9.47. The van der Waals surface area contributed by atoms with Crippen LogP contribution in [0.4, 0.5) is 4.39 Å². The Morgan fingerprint density at radius 3 is 2.50 bits per heavy atom. The summed E-state index contributed by atoms with van der Waals surface area (Å²) in [6.45, 7) is 5.65. The summed E-state index contributed by atoms with van der Waals surface area (Å²) in [6.07, 6.45) is 0. The molecule has 1 aromatic carbocycles. The van der Waals surface area contributed by atoms with E-state index < -0.39 is 6.04 Å². The van der Waals surface area contributed by atoms with Crippen molar-refractivity contribution >= 4 is 11.0 Å². The lowest BCUT2D eigenvalue weighted by Crippen LogP contribution is -2.12. The fraction of sp³-hybridized carbons (Fsp3) is 0.250. The van der Waals surface area contributed by atoms with E-state index >= 15 is 0 Å². The van der Waals surface area contributed by atoms with Crippen LogP contribution in [0.15, 0.2) is 33.1 Å². The molecule has 20 heavy (non-hydrogen) atoms. The van der Waals surface area contributed by atoms with Gasteiger partial charge < -0.3 is 14.6 Å². The smallest absolute Gasteiger partial charge is 0.134 e. The van der Waals surface area contributed by atoms with E-state index in [0.29, 0.717) is 11.3 Å². The zero-order valence-electron chi connectivity index (χ0n) is 11.7. The summed E-state index contributed by atoms with van der Waals surface area (Å²) in [6, 6.07) is 5.98. The molecule has 2 heterocycles. The Morgan fingerprint density at radius 1 is 1.10 bits per heavy atom. The number of fused-ring (bicyclic) bond motifs is 1. The molecule has 0 saturated carbocycles. The first-order valence-electron chi connectivity index (χ1n) is 6.48. The van der Waals surface area contributed by atoms with Gasteiger partial charge in [0.05, 0.1) is 6.04 Å². The summed E-state index contributed by atoms with van der Waals surface area (Å²) in [5.74, 6) is 1.96. The van der Waals surface area contributed by atoms with Crippen LogP contribution in [0.2, 0.25) is 0 Å². The van der Waals surface area contributed by atoms with Crippen molar-refractivity contribution in [3.8, 4) is 0 Å². The topological polar surface area (TPSA) is 52.3 Å². The lowest BCUT2D eigenvalue weighted by atomic mass is 10.0. The first-order valence-corrected chi connectivity index (χ1v) is 6.48. The van der Waals surface area contributed by atoms with Gasteiger partial charge in [-0.1, -0.05) is 0 Å². The number of rotatable bonds is 2. The van der Waals surface area contributed by atoms with Crippen molar-refractivity contribution in [2.24, 2.45) is 5.73 Å². The molecular weight excluding hydrogens is 257 g/mol. The van der Waals surface area contributed by atoms with E-state index in [9.17, 15) is 4.39 Å². The van der Waals surface area contributed by atoms with Gasteiger partial charge in [0, 0.05) is 16.5 Å². The van der Waals surface area contributed by atoms with Gasteiger partial charge in [-0.15, -0.1) is 0 Å². The number of hydrogen-bond acceptors (Lipinski definition) is 3. The van der Waals surface area contributed by atoms with Crippen molar-refractivity contribution < 1.29 is 13.2 Å². The Balaban J connectivity index is 2.14. The first kappa shape index (κ1) is 12.9. The average molecular weight is 273 g/mol. The highest BCUT2D eigenvalue weighted by atomic mass is 19.1. The molecule has 0 aliphatic rings. The van der Waals surface area contributed by atoms with Gasteiger partial charge in [0.1, 0.15) is 28.7 Å². The highest BCUT2D eigenvalue weighted by molar-refractivity contribution is 5.82. The third kappa shape index (κ3) is 1.93. The molecular formula is C16H16FNO2. The van der Waals surface area contributed by atoms with E-state index in [1.807, 2.05) is 26.8 Å². The zero-order valence-corrected chi connectivity index (χ0v) is 11.7. The van der Waals surface area contributed by atoms with Crippen LogP contribution in [0.3, 0.4) is 0 Å². The summed E-state index contributed by atoms with van der Waals surface area (Å²) in [4.78, 5) is 0. The van der Waals surface area contributed by atoms with E-state index in [1.165, 1.54) is 12.1 Å². The van der Waals surface area contributed by atoms with Crippen LogP contribution in [0, 0.1) is 26.6 Å². The summed E-state index contributed by atoms with van der Waals surface area (Å²) >= 11 is 0. The van der Waals surface area contributed by atoms with Crippen LogP contribution in [0.1, 0.15) is 34.4 Å². The second-order valence-corrected chi connectivity index (χ2v) is 5.08. The molecule has 0 amide bonds. The lowest BCUT2D eigenvalue weighted by molar-refractivity contribution is 0.488. The van der Waals surface area contributed by atoms with Crippen LogP contribution < -0.4 is 5.73 Å². The van der Waals surface area contributed by atoms with E-state index in [4.69, 9.17) is 14.6 Å². The Morgan fingerprint density at radius 2 is 1.85 bits per heavy atom. The van der Waals surface area contributed by atoms with Crippen molar-refractivity contribution in [1.29, 1.82) is 0 Å². The van der Waals surface area contributed by atoms with Gasteiger partial charge in [0.2, 0.25) is 0 Å². The fourth-order valence-corrected chi connectivity index (χ4v) is 2.61. The Hall–Kier alpha value is -2.07. The quantitative estimate of drug-likeness (QED) is 0.763. The molecule has 0 fully saturated rings. The predicted molar refractivity (Wildman–Crippen MR) is 75.1 cm³/mol. The number of benzene rings is 1. The van der Waals surface area contributed by atoms with E-state index in [1.54, 1.807) is 6.07 Å². The third-order valence-corrected chi connectivity index (χ3v) is 3.63. The maximum Gasteiger partial charge on any atom is 0.134 e. The minimum Gasteiger partial charge on any atom is -0.466 e. The summed E-state index contributed by atoms with van der Waals surface area (Å²) in [7, 11) is 0. The van der Waals surface area contributed by atoms with Crippen LogP contribution in [0.5, 0.6) is 0 Å². The zero-order chi connectivity index (χ0) is 14.4. The second-order valence-electron chi connectivity index (χ2n) is 5.08.